The van der Waals surface area contributed by atoms with Gasteiger partial charge in [0.2, 0.25) is 0 Å². The van der Waals surface area contributed by atoms with Crippen LogP contribution >= 0.6 is 0 Å². The molecule has 1 saturated carbocycles. The zero-order valence-electron chi connectivity index (χ0n) is 12.7. The van der Waals surface area contributed by atoms with Gasteiger partial charge in [0.05, 0.1) is 0 Å². The van der Waals surface area contributed by atoms with Crippen LogP contribution < -0.4 is 5.32 Å². The average molecular weight is 281 g/mol. The van der Waals surface area contributed by atoms with Crippen LogP contribution in [0.1, 0.15) is 57.9 Å². The first kappa shape index (κ1) is 15.4. The van der Waals surface area contributed by atoms with Crippen LogP contribution in [0.5, 0.6) is 0 Å². The molecular formula is C17H25F2N. The van der Waals surface area contributed by atoms with Crippen LogP contribution in [-0.4, -0.2) is 12.6 Å². The first-order valence-electron chi connectivity index (χ1n) is 7.77. The summed E-state index contributed by atoms with van der Waals surface area (Å²) in [5.74, 6) is -1.15. The van der Waals surface area contributed by atoms with Crippen LogP contribution in [0.15, 0.2) is 18.2 Å². The largest absolute Gasteiger partial charge is 0.313 e. The van der Waals surface area contributed by atoms with E-state index in [1.54, 1.807) is 6.07 Å². The lowest BCUT2D eigenvalue weighted by Crippen LogP contribution is -2.58. The second-order valence-electron chi connectivity index (χ2n) is 5.91. The Balaban J connectivity index is 2.21. The molecule has 1 aromatic rings. The second-order valence-corrected chi connectivity index (χ2v) is 5.91. The molecule has 2 rings (SSSR count). The van der Waals surface area contributed by atoms with Crippen molar-refractivity contribution in [3.63, 3.8) is 0 Å². The van der Waals surface area contributed by atoms with Gasteiger partial charge in [0, 0.05) is 6.04 Å². The van der Waals surface area contributed by atoms with Crippen molar-refractivity contribution in [2.45, 2.75) is 58.4 Å². The Morgan fingerprint density at radius 3 is 2.40 bits per heavy atom. The smallest absolute Gasteiger partial charge is 0.159 e. The van der Waals surface area contributed by atoms with Gasteiger partial charge in [0.15, 0.2) is 11.6 Å². The Hall–Kier alpha value is -0.960. The zero-order chi connectivity index (χ0) is 14.8. The molecule has 1 aliphatic rings. The van der Waals surface area contributed by atoms with E-state index < -0.39 is 11.6 Å². The molecule has 0 aromatic heterocycles. The van der Waals surface area contributed by atoms with Crippen molar-refractivity contribution in [3.05, 3.63) is 35.4 Å². The van der Waals surface area contributed by atoms with E-state index in [0.717, 1.165) is 37.8 Å². The Labute approximate surface area is 120 Å². The van der Waals surface area contributed by atoms with E-state index in [1.165, 1.54) is 12.1 Å². The number of hydrogen-bond acceptors (Lipinski definition) is 1. The zero-order valence-corrected chi connectivity index (χ0v) is 12.7. The van der Waals surface area contributed by atoms with Crippen LogP contribution in [0.2, 0.25) is 0 Å². The van der Waals surface area contributed by atoms with Crippen LogP contribution in [0.25, 0.3) is 0 Å². The van der Waals surface area contributed by atoms with Gasteiger partial charge in [-0.15, -0.1) is 0 Å². The third-order valence-corrected chi connectivity index (χ3v) is 5.16. The van der Waals surface area contributed by atoms with Gasteiger partial charge in [-0.2, -0.15) is 0 Å². The predicted octanol–water partition coefficient (Wildman–Crippen LogP) is 4.63. The highest BCUT2D eigenvalue weighted by atomic mass is 19.2. The summed E-state index contributed by atoms with van der Waals surface area (Å²) in [5, 5.41) is 3.62. The molecule has 2 unspecified atom stereocenters. The summed E-state index contributed by atoms with van der Waals surface area (Å²) in [6.07, 6.45) is 4.27. The number of hydrogen-bond donors (Lipinski definition) is 1. The Morgan fingerprint density at radius 1 is 1.15 bits per heavy atom. The van der Waals surface area contributed by atoms with Gasteiger partial charge >= 0.3 is 0 Å². The number of nitrogens with one attached hydrogen (secondary N) is 1. The minimum Gasteiger partial charge on any atom is -0.313 e. The molecule has 0 bridgehead atoms. The van der Waals surface area contributed by atoms with Crippen molar-refractivity contribution in [2.24, 2.45) is 5.41 Å². The van der Waals surface area contributed by atoms with E-state index in [9.17, 15) is 8.78 Å². The summed E-state index contributed by atoms with van der Waals surface area (Å²) in [6.45, 7) is 7.60. The number of rotatable bonds is 6. The van der Waals surface area contributed by atoms with E-state index in [-0.39, 0.29) is 5.41 Å². The molecule has 0 aliphatic heterocycles. The van der Waals surface area contributed by atoms with Gasteiger partial charge in [-0.25, -0.2) is 8.78 Å². The van der Waals surface area contributed by atoms with Gasteiger partial charge in [-0.1, -0.05) is 26.8 Å². The topological polar surface area (TPSA) is 12.0 Å². The first-order chi connectivity index (χ1) is 9.58. The molecule has 3 heteroatoms. The Bertz CT molecular complexity index is 454. The molecule has 1 nitrogen and oxygen atoms in total. The molecule has 112 valence electrons. The van der Waals surface area contributed by atoms with Crippen molar-refractivity contribution in [3.8, 4) is 0 Å². The summed E-state index contributed by atoms with van der Waals surface area (Å²) in [7, 11) is 0. The molecule has 1 N–H and O–H groups in total. The van der Waals surface area contributed by atoms with E-state index in [2.05, 4.69) is 26.1 Å². The van der Waals surface area contributed by atoms with Gasteiger partial charge in [-0.3, -0.25) is 0 Å². The van der Waals surface area contributed by atoms with Crippen molar-refractivity contribution < 1.29 is 8.78 Å². The maximum Gasteiger partial charge on any atom is 0.159 e. The average Bonchev–Trinajstić information content (AvgIpc) is 2.43. The molecule has 0 saturated heterocycles. The molecule has 1 aromatic carbocycles. The monoisotopic (exact) mass is 281 g/mol. The Morgan fingerprint density at radius 2 is 1.85 bits per heavy atom. The molecule has 0 radical (unpaired) electrons. The molecule has 20 heavy (non-hydrogen) atoms. The fourth-order valence-corrected chi connectivity index (χ4v) is 3.83. The minimum absolute atomic E-state index is 0.180. The van der Waals surface area contributed by atoms with E-state index in [0.29, 0.717) is 12.0 Å². The van der Waals surface area contributed by atoms with E-state index in [4.69, 9.17) is 0 Å². The van der Waals surface area contributed by atoms with Crippen molar-refractivity contribution in [1.29, 1.82) is 0 Å². The highest BCUT2D eigenvalue weighted by Gasteiger charge is 2.52. The summed E-state index contributed by atoms with van der Waals surface area (Å²) in [4.78, 5) is 0. The van der Waals surface area contributed by atoms with Crippen LogP contribution in [0.3, 0.4) is 0 Å². The molecule has 2 atom stereocenters. The van der Waals surface area contributed by atoms with Gasteiger partial charge in [-0.05, 0) is 61.3 Å². The first-order valence-corrected chi connectivity index (χ1v) is 7.77. The lowest BCUT2D eigenvalue weighted by atomic mass is 9.52. The van der Waals surface area contributed by atoms with Gasteiger partial charge in [0.1, 0.15) is 0 Å². The van der Waals surface area contributed by atoms with Crippen molar-refractivity contribution >= 4 is 0 Å². The second kappa shape index (κ2) is 6.21. The van der Waals surface area contributed by atoms with Crippen LogP contribution in [-0.2, 0) is 0 Å². The quantitative estimate of drug-likeness (QED) is 0.802. The maximum atomic E-state index is 13.5. The van der Waals surface area contributed by atoms with E-state index >= 15 is 0 Å². The molecule has 0 amide bonds. The molecule has 1 fully saturated rings. The third kappa shape index (κ3) is 2.48. The summed E-state index contributed by atoms with van der Waals surface area (Å²) >= 11 is 0. The van der Waals surface area contributed by atoms with Gasteiger partial charge in [0.25, 0.3) is 0 Å². The normalized spacial score (nSPS) is 24.4. The maximum absolute atomic E-state index is 13.5. The molecule has 0 spiro atoms. The van der Waals surface area contributed by atoms with Crippen molar-refractivity contribution in [2.75, 3.05) is 6.54 Å². The predicted molar refractivity (Wildman–Crippen MR) is 78.8 cm³/mol. The third-order valence-electron chi connectivity index (χ3n) is 5.16. The fraction of sp³-hybridized carbons (Fsp3) is 0.647. The van der Waals surface area contributed by atoms with Crippen LogP contribution in [0, 0.1) is 17.0 Å². The lowest BCUT2D eigenvalue weighted by molar-refractivity contribution is 0.0200. The standard InChI is InChI=1S/C17H25F2N/c1-4-9-20-16-11-13(17(16,5-2)6-3)12-7-8-14(18)15(19)10-12/h7-8,10,13,16,20H,4-6,9,11H2,1-3H3. The molecular weight excluding hydrogens is 256 g/mol. The summed E-state index contributed by atoms with van der Waals surface area (Å²) in [5.41, 5.74) is 1.13. The van der Waals surface area contributed by atoms with Crippen molar-refractivity contribution in [1.82, 2.24) is 5.32 Å². The summed E-state index contributed by atoms with van der Waals surface area (Å²) in [6, 6.07) is 4.89. The Kier molecular flexibility index (Phi) is 4.79. The fourth-order valence-electron chi connectivity index (χ4n) is 3.83. The van der Waals surface area contributed by atoms with E-state index in [1.807, 2.05) is 0 Å². The minimum atomic E-state index is -0.757. The molecule has 0 heterocycles. The highest BCUT2D eigenvalue weighted by molar-refractivity contribution is 5.29. The number of benzene rings is 1. The van der Waals surface area contributed by atoms with Crippen LogP contribution in [0.4, 0.5) is 8.78 Å². The number of halogens is 2. The summed E-state index contributed by atoms with van der Waals surface area (Å²) < 4.78 is 26.6. The SMILES string of the molecule is CCCNC1CC(c2ccc(F)c(F)c2)C1(CC)CC. The lowest BCUT2D eigenvalue weighted by Gasteiger charge is -2.57. The molecule has 1 aliphatic carbocycles. The van der Waals surface area contributed by atoms with Gasteiger partial charge < -0.3 is 5.32 Å². The highest BCUT2D eigenvalue weighted by Crippen LogP contribution is 2.57.